The summed E-state index contributed by atoms with van der Waals surface area (Å²) in [5.41, 5.74) is 3.38. The van der Waals surface area contributed by atoms with Crippen LogP contribution in [-0.4, -0.2) is 38.1 Å². The Labute approximate surface area is 208 Å². The number of pyridine rings is 1. The lowest BCUT2D eigenvalue weighted by Gasteiger charge is -2.24. The van der Waals surface area contributed by atoms with E-state index >= 15 is 0 Å². The molecule has 4 aromatic rings. The molecule has 0 radical (unpaired) electrons. The molecule has 0 saturated carbocycles. The molecule has 0 saturated heterocycles. The Balaban J connectivity index is 1.60. The summed E-state index contributed by atoms with van der Waals surface area (Å²) < 4.78 is 1.95. The number of aliphatic carboxylic acids is 1. The Morgan fingerprint density at radius 3 is 2.58 bits per heavy atom. The van der Waals surface area contributed by atoms with Crippen LogP contribution in [-0.2, 0) is 18.4 Å². The largest absolute Gasteiger partial charge is 0.481 e. The molecule has 9 nitrogen and oxygen atoms in total. The third-order valence-electron chi connectivity index (χ3n) is 6.10. The number of carbonyl (C=O) groups excluding carboxylic acids is 1. The minimum atomic E-state index is -0.953. The van der Waals surface area contributed by atoms with E-state index < -0.39 is 11.9 Å². The molecule has 1 unspecified atom stereocenters. The highest BCUT2D eigenvalue weighted by Crippen LogP contribution is 2.22. The SMILES string of the molecule is CCC(CN(C(=O)c1ccc2c(c1)nc(CNc1ccc(C#N)cc1)n2C)c1ccccn1)C(=O)O. The van der Waals surface area contributed by atoms with Crippen molar-refractivity contribution in [3.05, 3.63) is 83.8 Å². The topological polar surface area (TPSA) is 124 Å². The third-order valence-corrected chi connectivity index (χ3v) is 6.10. The van der Waals surface area contributed by atoms with Crippen molar-refractivity contribution in [1.29, 1.82) is 5.26 Å². The van der Waals surface area contributed by atoms with E-state index in [2.05, 4.69) is 16.4 Å². The van der Waals surface area contributed by atoms with Crippen LogP contribution in [0, 0.1) is 17.2 Å². The number of amides is 1. The number of carboxylic acid groups (broad SMARTS) is 1. The molecule has 2 heterocycles. The normalized spacial score (nSPS) is 11.6. The van der Waals surface area contributed by atoms with Crippen molar-refractivity contribution >= 4 is 34.4 Å². The zero-order valence-corrected chi connectivity index (χ0v) is 20.0. The van der Waals surface area contributed by atoms with E-state index in [0.717, 1.165) is 17.0 Å². The number of nitriles is 1. The average Bonchev–Trinajstić information content (AvgIpc) is 3.22. The van der Waals surface area contributed by atoms with Crippen LogP contribution < -0.4 is 10.2 Å². The van der Waals surface area contributed by atoms with Crippen LogP contribution in [0.25, 0.3) is 11.0 Å². The fraction of sp³-hybridized carbons (Fsp3) is 0.222. The molecule has 1 atom stereocenters. The number of hydrogen-bond acceptors (Lipinski definition) is 6. The molecule has 4 rings (SSSR count). The van der Waals surface area contributed by atoms with E-state index in [9.17, 15) is 14.7 Å². The number of imidazole rings is 1. The molecule has 2 aromatic heterocycles. The molecule has 0 aliphatic rings. The fourth-order valence-electron chi connectivity index (χ4n) is 3.94. The minimum absolute atomic E-state index is 0.0156. The number of rotatable bonds is 9. The lowest BCUT2D eigenvalue weighted by Crippen LogP contribution is -2.38. The summed E-state index contributed by atoms with van der Waals surface area (Å²) >= 11 is 0. The average molecular weight is 483 g/mol. The molecular weight excluding hydrogens is 456 g/mol. The molecule has 9 heteroatoms. The summed E-state index contributed by atoms with van der Waals surface area (Å²) in [6, 6.07) is 19.8. The number of carbonyl (C=O) groups is 2. The number of benzene rings is 2. The second-order valence-corrected chi connectivity index (χ2v) is 8.38. The second kappa shape index (κ2) is 10.7. The van der Waals surface area contributed by atoms with Gasteiger partial charge in [0, 0.05) is 31.0 Å². The van der Waals surface area contributed by atoms with Crippen LogP contribution in [0.4, 0.5) is 11.5 Å². The van der Waals surface area contributed by atoms with Crippen molar-refractivity contribution in [2.45, 2.75) is 19.9 Å². The van der Waals surface area contributed by atoms with Crippen LogP contribution in [0.15, 0.2) is 66.9 Å². The van der Waals surface area contributed by atoms with E-state index in [0.29, 0.717) is 35.4 Å². The standard InChI is InChI=1S/C27H26N6O3/c1-3-19(27(35)36)17-33(24-6-4-5-13-29-24)26(34)20-9-12-23-22(14-20)31-25(32(23)2)16-30-21-10-7-18(15-28)8-11-21/h4-14,19,30H,3,16-17H2,1-2H3,(H,35,36). The molecule has 2 aromatic carbocycles. The first-order chi connectivity index (χ1) is 17.4. The first-order valence-corrected chi connectivity index (χ1v) is 11.6. The molecule has 1 amide bonds. The van der Waals surface area contributed by atoms with Gasteiger partial charge in [0.25, 0.3) is 5.91 Å². The van der Waals surface area contributed by atoms with Gasteiger partial charge in [0.1, 0.15) is 11.6 Å². The van der Waals surface area contributed by atoms with Gasteiger partial charge in [0.05, 0.1) is 35.1 Å². The number of nitrogens with one attached hydrogen (secondary N) is 1. The maximum atomic E-state index is 13.5. The summed E-state index contributed by atoms with van der Waals surface area (Å²) in [6.45, 7) is 2.26. The van der Waals surface area contributed by atoms with Gasteiger partial charge in [0.2, 0.25) is 0 Å². The smallest absolute Gasteiger partial charge is 0.308 e. The molecule has 0 bridgehead atoms. The molecule has 0 aliphatic heterocycles. The zero-order valence-electron chi connectivity index (χ0n) is 20.0. The monoisotopic (exact) mass is 482 g/mol. The molecular formula is C27H26N6O3. The Morgan fingerprint density at radius 2 is 1.94 bits per heavy atom. The first-order valence-electron chi connectivity index (χ1n) is 11.6. The lowest BCUT2D eigenvalue weighted by atomic mass is 10.1. The fourth-order valence-corrected chi connectivity index (χ4v) is 3.94. The van der Waals surface area contributed by atoms with Crippen molar-refractivity contribution in [3.8, 4) is 6.07 Å². The van der Waals surface area contributed by atoms with Crippen LogP contribution in [0.5, 0.6) is 0 Å². The highest BCUT2D eigenvalue weighted by molar-refractivity contribution is 6.07. The number of aromatic nitrogens is 3. The van der Waals surface area contributed by atoms with Crippen molar-refractivity contribution in [3.63, 3.8) is 0 Å². The number of nitrogens with zero attached hydrogens (tertiary/aromatic N) is 5. The highest BCUT2D eigenvalue weighted by atomic mass is 16.4. The van der Waals surface area contributed by atoms with Gasteiger partial charge in [-0.2, -0.15) is 5.26 Å². The predicted molar refractivity (Wildman–Crippen MR) is 137 cm³/mol. The van der Waals surface area contributed by atoms with Crippen LogP contribution in [0.3, 0.4) is 0 Å². The number of fused-ring (bicyclic) bond motifs is 1. The molecule has 36 heavy (non-hydrogen) atoms. The number of anilines is 2. The highest BCUT2D eigenvalue weighted by Gasteiger charge is 2.26. The van der Waals surface area contributed by atoms with Gasteiger partial charge in [-0.15, -0.1) is 0 Å². The Morgan fingerprint density at radius 1 is 1.17 bits per heavy atom. The second-order valence-electron chi connectivity index (χ2n) is 8.38. The van der Waals surface area contributed by atoms with Gasteiger partial charge >= 0.3 is 5.97 Å². The van der Waals surface area contributed by atoms with Crippen LogP contribution in [0.2, 0.25) is 0 Å². The van der Waals surface area contributed by atoms with Crippen molar-refractivity contribution in [1.82, 2.24) is 14.5 Å². The van der Waals surface area contributed by atoms with E-state index in [4.69, 9.17) is 10.2 Å². The maximum absolute atomic E-state index is 13.5. The predicted octanol–water partition coefficient (Wildman–Crippen LogP) is 4.21. The third kappa shape index (κ3) is 5.18. The van der Waals surface area contributed by atoms with Crippen LogP contribution >= 0.6 is 0 Å². The Hall–Kier alpha value is -4.71. The molecule has 182 valence electrons. The summed E-state index contributed by atoms with van der Waals surface area (Å²) in [6.07, 6.45) is 1.97. The van der Waals surface area contributed by atoms with E-state index in [1.165, 1.54) is 4.90 Å². The number of aryl methyl sites for hydroxylation is 1. The number of carboxylic acids is 1. The Bertz CT molecular complexity index is 1420. The maximum Gasteiger partial charge on any atom is 0.308 e. The molecule has 0 spiro atoms. The van der Waals surface area contributed by atoms with Gasteiger partial charge in [-0.1, -0.05) is 13.0 Å². The first kappa shape index (κ1) is 24.4. The van der Waals surface area contributed by atoms with Gasteiger partial charge in [0.15, 0.2) is 0 Å². The molecule has 0 aliphatic carbocycles. The summed E-state index contributed by atoms with van der Waals surface area (Å²) in [5, 5.41) is 21.8. The van der Waals surface area contributed by atoms with Gasteiger partial charge in [-0.25, -0.2) is 9.97 Å². The summed E-state index contributed by atoms with van der Waals surface area (Å²) in [5.74, 6) is -0.827. The van der Waals surface area contributed by atoms with Gasteiger partial charge in [-0.05, 0) is 61.0 Å². The summed E-state index contributed by atoms with van der Waals surface area (Å²) in [7, 11) is 1.91. The van der Waals surface area contributed by atoms with Crippen molar-refractivity contribution in [2.75, 3.05) is 16.8 Å². The van der Waals surface area contributed by atoms with E-state index in [1.54, 1.807) is 55.6 Å². The number of hydrogen-bond donors (Lipinski definition) is 2. The molecule has 0 fully saturated rings. The van der Waals surface area contributed by atoms with Gasteiger partial charge < -0.3 is 15.0 Å². The lowest BCUT2D eigenvalue weighted by molar-refractivity contribution is -0.141. The zero-order chi connectivity index (χ0) is 25.7. The quantitative estimate of drug-likeness (QED) is 0.366. The summed E-state index contributed by atoms with van der Waals surface area (Å²) in [4.78, 5) is 35.6. The van der Waals surface area contributed by atoms with Crippen molar-refractivity contribution in [2.24, 2.45) is 13.0 Å². The van der Waals surface area contributed by atoms with Crippen LogP contribution in [0.1, 0.15) is 35.1 Å². The van der Waals surface area contributed by atoms with Gasteiger partial charge in [-0.3, -0.25) is 14.5 Å². The minimum Gasteiger partial charge on any atom is -0.481 e. The Kier molecular flexibility index (Phi) is 7.25. The van der Waals surface area contributed by atoms with Crippen molar-refractivity contribution < 1.29 is 14.7 Å². The van der Waals surface area contributed by atoms with E-state index in [-0.39, 0.29) is 12.5 Å². The van der Waals surface area contributed by atoms with E-state index in [1.807, 2.05) is 29.8 Å². The molecule has 2 N–H and O–H groups in total.